The Morgan fingerprint density at radius 2 is 1.92 bits per heavy atom. The summed E-state index contributed by atoms with van der Waals surface area (Å²) in [5.41, 5.74) is 6.76. The number of unbranched alkanes of at least 4 members (excludes halogenated alkanes) is 2. The van der Waals surface area contributed by atoms with Crippen molar-refractivity contribution in [1.82, 2.24) is 0 Å². The highest BCUT2D eigenvalue weighted by atomic mass is 127. The van der Waals surface area contributed by atoms with Crippen molar-refractivity contribution in [2.24, 2.45) is 10.7 Å². The Morgan fingerprint density at radius 3 is 2.68 bits per heavy atom. The second-order valence-electron chi connectivity index (χ2n) is 6.28. The van der Waals surface area contributed by atoms with E-state index >= 15 is 0 Å². The lowest BCUT2D eigenvalue weighted by Gasteiger charge is -2.21. The molecule has 0 amide bonds. The number of aliphatic imine (C=N–C) groups is 1. The third kappa shape index (κ3) is 8.76. The van der Waals surface area contributed by atoms with Crippen molar-refractivity contribution in [3.05, 3.63) is 24.3 Å². The monoisotopic (exact) mass is 461 g/mol. The Balaban J connectivity index is 0.00000312. The fourth-order valence-corrected chi connectivity index (χ4v) is 3.00. The van der Waals surface area contributed by atoms with Crippen LogP contribution in [0.15, 0.2) is 29.3 Å². The molecule has 0 atom stereocenters. The molecule has 1 aromatic carbocycles. The molecule has 142 valence electrons. The second-order valence-corrected chi connectivity index (χ2v) is 6.28. The highest BCUT2D eigenvalue weighted by molar-refractivity contribution is 14.0. The number of methoxy groups -OCH3 is 1. The van der Waals surface area contributed by atoms with Crippen LogP contribution in [0.3, 0.4) is 0 Å². The number of nitrogens with two attached hydrogens (primary N) is 1. The lowest BCUT2D eigenvalue weighted by atomic mass is 9.98. The summed E-state index contributed by atoms with van der Waals surface area (Å²) in [5, 5.41) is 3.08. The van der Waals surface area contributed by atoms with Crippen LogP contribution < -0.4 is 15.8 Å². The lowest BCUT2D eigenvalue weighted by Crippen LogP contribution is -2.23. The number of halogens is 1. The van der Waals surface area contributed by atoms with Crippen LogP contribution in [0.1, 0.15) is 51.4 Å². The number of para-hydroxylation sites is 2. The number of ether oxygens (including phenoxy) is 2. The molecule has 0 aromatic heterocycles. The minimum atomic E-state index is 0. The number of nitrogens with one attached hydrogen (secondary N) is 1. The Bertz CT molecular complexity index is 505. The molecule has 6 heteroatoms. The molecule has 2 rings (SSSR count). The summed E-state index contributed by atoms with van der Waals surface area (Å²) in [6, 6.07) is 7.67. The van der Waals surface area contributed by atoms with Crippen LogP contribution in [-0.2, 0) is 4.74 Å². The smallest absolute Gasteiger partial charge is 0.193 e. The molecule has 3 N–H and O–H groups in total. The van der Waals surface area contributed by atoms with Crippen molar-refractivity contribution in [3.8, 4) is 5.75 Å². The molecular formula is C19H32IN3O2. The number of benzene rings is 1. The minimum Gasteiger partial charge on any atom is -0.495 e. The zero-order chi connectivity index (χ0) is 17.0. The molecule has 1 aliphatic rings. The van der Waals surface area contributed by atoms with Gasteiger partial charge in [-0.25, -0.2) is 0 Å². The summed E-state index contributed by atoms with van der Waals surface area (Å²) in [6.45, 7) is 1.61. The van der Waals surface area contributed by atoms with Gasteiger partial charge in [0.15, 0.2) is 5.96 Å². The first kappa shape index (κ1) is 22.0. The molecule has 5 nitrogen and oxygen atoms in total. The quantitative estimate of drug-likeness (QED) is 0.245. The maximum Gasteiger partial charge on any atom is 0.193 e. The van der Waals surface area contributed by atoms with Crippen molar-refractivity contribution in [1.29, 1.82) is 0 Å². The molecule has 1 saturated carbocycles. The van der Waals surface area contributed by atoms with Gasteiger partial charge in [0.05, 0.1) is 18.9 Å². The molecule has 0 radical (unpaired) electrons. The van der Waals surface area contributed by atoms with E-state index in [9.17, 15) is 0 Å². The molecule has 0 aliphatic heterocycles. The van der Waals surface area contributed by atoms with Gasteiger partial charge in [-0.3, -0.25) is 4.99 Å². The van der Waals surface area contributed by atoms with Crippen molar-refractivity contribution in [2.45, 2.75) is 57.5 Å². The first-order chi connectivity index (χ1) is 11.8. The van der Waals surface area contributed by atoms with E-state index in [1.165, 1.54) is 32.1 Å². The largest absolute Gasteiger partial charge is 0.495 e. The van der Waals surface area contributed by atoms with Gasteiger partial charge >= 0.3 is 0 Å². The Morgan fingerprint density at radius 1 is 1.16 bits per heavy atom. The van der Waals surface area contributed by atoms with Gasteiger partial charge < -0.3 is 20.5 Å². The molecule has 1 fully saturated rings. The van der Waals surface area contributed by atoms with E-state index in [0.29, 0.717) is 12.1 Å². The van der Waals surface area contributed by atoms with E-state index in [1.807, 2.05) is 24.3 Å². The van der Waals surface area contributed by atoms with E-state index in [1.54, 1.807) is 7.11 Å². The van der Waals surface area contributed by atoms with E-state index in [2.05, 4.69) is 10.3 Å². The standard InChI is InChI=1S/C19H31N3O2.HI/c1-23-18-13-7-6-12-17(18)22-19(20)21-14-8-3-9-15-24-16-10-4-2-5-11-16;/h6-7,12-13,16H,2-5,8-11,14-15H2,1H3,(H3,20,21,22);1H. The van der Waals surface area contributed by atoms with Crippen LogP contribution in [0.4, 0.5) is 5.69 Å². The maximum atomic E-state index is 5.93. The summed E-state index contributed by atoms with van der Waals surface area (Å²) in [6.07, 6.45) is 10.3. The van der Waals surface area contributed by atoms with Gasteiger partial charge in [-0.1, -0.05) is 31.4 Å². The highest BCUT2D eigenvalue weighted by Gasteiger charge is 2.12. The van der Waals surface area contributed by atoms with Crippen molar-refractivity contribution < 1.29 is 9.47 Å². The normalized spacial score (nSPS) is 15.5. The predicted molar refractivity (Wildman–Crippen MR) is 115 cm³/mol. The lowest BCUT2D eigenvalue weighted by molar-refractivity contribution is 0.0264. The van der Waals surface area contributed by atoms with Crippen molar-refractivity contribution in [3.63, 3.8) is 0 Å². The van der Waals surface area contributed by atoms with Crippen LogP contribution in [0.5, 0.6) is 5.75 Å². The first-order valence-corrected chi connectivity index (χ1v) is 9.11. The number of hydrogen-bond donors (Lipinski definition) is 2. The number of guanidine groups is 1. The molecule has 25 heavy (non-hydrogen) atoms. The SMILES string of the molecule is COc1ccccc1NC(N)=NCCCCCOC1CCCCC1.I. The summed E-state index contributed by atoms with van der Waals surface area (Å²) >= 11 is 0. The van der Waals surface area contributed by atoms with Gasteiger partial charge in [0.2, 0.25) is 0 Å². The number of nitrogens with zero attached hydrogens (tertiary/aromatic N) is 1. The van der Waals surface area contributed by atoms with Gasteiger partial charge in [-0.2, -0.15) is 0 Å². The fraction of sp³-hybridized carbons (Fsp3) is 0.632. The summed E-state index contributed by atoms with van der Waals surface area (Å²) in [5.74, 6) is 1.19. The van der Waals surface area contributed by atoms with Gasteiger partial charge in [-0.15, -0.1) is 24.0 Å². The summed E-state index contributed by atoms with van der Waals surface area (Å²) in [7, 11) is 1.64. The summed E-state index contributed by atoms with van der Waals surface area (Å²) in [4.78, 5) is 4.37. The number of anilines is 1. The van der Waals surface area contributed by atoms with Gasteiger partial charge in [-0.05, 0) is 44.2 Å². The molecule has 0 unspecified atom stereocenters. The zero-order valence-electron chi connectivity index (χ0n) is 15.2. The first-order valence-electron chi connectivity index (χ1n) is 9.11. The van der Waals surface area contributed by atoms with Crippen LogP contribution in [0.25, 0.3) is 0 Å². The average Bonchev–Trinajstić information content (AvgIpc) is 2.62. The number of rotatable bonds is 9. The van der Waals surface area contributed by atoms with Crippen LogP contribution >= 0.6 is 24.0 Å². The van der Waals surface area contributed by atoms with Crippen LogP contribution in [0.2, 0.25) is 0 Å². The molecule has 0 bridgehead atoms. The average molecular weight is 461 g/mol. The van der Waals surface area contributed by atoms with Crippen LogP contribution in [-0.4, -0.2) is 32.3 Å². The predicted octanol–water partition coefficient (Wildman–Crippen LogP) is 4.56. The van der Waals surface area contributed by atoms with E-state index in [0.717, 1.165) is 43.9 Å². The fourth-order valence-electron chi connectivity index (χ4n) is 3.00. The second kappa shape index (κ2) is 13.2. The third-order valence-corrected chi connectivity index (χ3v) is 4.36. The molecule has 0 saturated heterocycles. The zero-order valence-corrected chi connectivity index (χ0v) is 17.5. The van der Waals surface area contributed by atoms with Crippen LogP contribution in [0, 0.1) is 0 Å². The van der Waals surface area contributed by atoms with E-state index in [-0.39, 0.29) is 24.0 Å². The third-order valence-electron chi connectivity index (χ3n) is 4.36. The molecular weight excluding hydrogens is 429 g/mol. The summed E-state index contributed by atoms with van der Waals surface area (Å²) < 4.78 is 11.2. The van der Waals surface area contributed by atoms with E-state index < -0.39 is 0 Å². The molecule has 0 spiro atoms. The molecule has 1 aromatic rings. The highest BCUT2D eigenvalue weighted by Crippen LogP contribution is 2.22. The van der Waals surface area contributed by atoms with Gasteiger partial charge in [0.25, 0.3) is 0 Å². The molecule has 1 aliphatic carbocycles. The Hall–Kier alpha value is -1.02. The Labute approximate surface area is 168 Å². The minimum absolute atomic E-state index is 0. The van der Waals surface area contributed by atoms with Crippen molar-refractivity contribution >= 4 is 35.6 Å². The van der Waals surface area contributed by atoms with Gasteiger partial charge in [0, 0.05) is 13.2 Å². The number of hydrogen-bond acceptors (Lipinski definition) is 3. The van der Waals surface area contributed by atoms with Crippen molar-refractivity contribution in [2.75, 3.05) is 25.6 Å². The molecule has 0 heterocycles. The van der Waals surface area contributed by atoms with Gasteiger partial charge in [0.1, 0.15) is 5.75 Å². The topological polar surface area (TPSA) is 68.9 Å². The van der Waals surface area contributed by atoms with E-state index in [4.69, 9.17) is 15.2 Å². The maximum absolute atomic E-state index is 5.93. The Kier molecular flexibility index (Phi) is 11.6.